The van der Waals surface area contributed by atoms with E-state index in [9.17, 15) is 0 Å². The molecule has 0 heterocycles. The molecule has 0 saturated carbocycles. The largest absolute Gasteiger partial charge is 0.0918 e. The van der Waals surface area contributed by atoms with Gasteiger partial charge in [-0.15, -0.1) is 0 Å². The highest BCUT2D eigenvalue weighted by molar-refractivity contribution is 9.09. The van der Waals surface area contributed by atoms with Gasteiger partial charge in [-0.05, 0) is 42.7 Å². The van der Waals surface area contributed by atoms with Crippen molar-refractivity contribution in [3.8, 4) is 0 Å². The molecule has 0 fully saturated rings. The minimum atomic E-state index is 0.392. The van der Waals surface area contributed by atoms with E-state index in [0.717, 1.165) is 11.2 Å². The maximum Gasteiger partial charge on any atom is 0.0129 e. The van der Waals surface area contributed by atoms with Crippen LogP contribution in [0.5, 0.6) is 0 Å². The van der Waals surface area contributed by atoms with Crippen LogP contribution in [-0.2, 0) is 11.8 Å². The van der Waals surface area contributed by atoms with Crippen LogP contribution in [0.3, 0.4) is 0 Å². The van der Waals surface area contributed by atoms with Crippen molar-refractivity contribution in [1.82, 2.24) is 0 Å². The van der Waals surface area contributed by atoms with Crippen molar-refractivity contribution in [3.05, 3.63) is 35.4 Å². The Morgan fingerprint density at radius 1 is 1.25 bits per heavy atom. The van der Waals surface area contributed by atoms with Crippen LogP contribution in [0, 0.1) is 5.92 Å². The summed E-state index contributed by atoms with van der Waals surface area (Å²) in [6.45, 7) is 4.68. The first-order valence-corrected chi connectivity index (χ1v) is 9.52. The second-order valence-corrected chi connectivity index (χ2v) is 7.11. The van der Waals surface area contributed by atoms with Gasteiger partial charge in [0.25, 0.3) is 0 Å². The minimum absolute atomic E-state index is 0.392. The summed E-state index contributed by atoms with van der Waals surface area (Å²) in [6, 6.07) is 9.17. The quantitative estimate of drug-likeness (QED) is 0.515. The first kappa shape index (κ1) is 16.1. The zero-order valence-electron chi connectivity index (χ0n) is 13.1. The van der Waals surface area contributed by atoms with E-state index in [4.69, 9.17) is 0 Å². The number of rotatable bonds is 7. The molecule has 1 aromatic rings. The van der Waals surface area contributed by atoms with Gasteiger partial charge in [0.05, 0.1) is 0 Å². The molecule has 2 rings (SSSR count). The Morgan fingerprint density at radius 3 is 2.75 bits per heavy atom. The second-order valence-electron chi connectivity index (χ2n) is 6.55. The number of fused-ring (bicyclic) bond motifs is 1. The Hall–Kier alpha value is -0.300. The Labute approximate surface area is 133 Å². The van der Waals surface area contributed by atoms with Crippen LogP contribution in [-0.4, -0.2) is 5.33 Å². The lowest BCUT2D eigenvalue weighted by molar-refractivity contribution is 0.284. The van der Waals surface area contributed by atoms with E-state index in [1.807, 2.05) is 0 Å². The topological polar surface area (TPSA) is 0 Å². The van der Waals surface area contributed by atoms with Crippen molar-refractivity contribution in [1.29, 1.82) is 0 Å². The lowest BCUT2D eigenvalue weighted by Gasteiger charge is -2.40. The van der Waals surface area contributed by atoms with Crippen LogP contribution < -0.4 is 0 Å². The van der Waals surface area contributed by atoms with Crippen LogP contribution in [0.25, 0.3) is 0 Å². The third-order valence-electron chi connectivity index (χ3n) is 5.17. The molecule has 0 bridgehead atoms. The highest BCUT2D eigenvalue weighted by atomic mass is 79.9. The summed E-state index contributed by atoms with van der Waals surface area (Å²) >= 11 is 3.86. The fourth-order valence-corrected chi connectivity index (χ4v) is 4.72. The number of alkyl halides is 1. The van der Waals surface area contributed by atoms with Gasteiger partial charge in [0.2, 0.25) is 0 Å². The van der Waals surface area contributed by atoms with Crippen molar-refractivity contribution in [2.75, 3.05) is 5.33 Å². The summed E-state index contributed by atoms with van der Waals surface area (Å²) in [7, 11) is 0. The van der Waals surface area contributed by atoms with Crippen LogP contribution in [0.1, 0.15) is 69.9 Å². The number of unbranched alkanes of at least 4 members (excludes halogenated alkanes) is 1. The Morgan fingerprint density at radius 2 is 2.05 bits per heavy atom. The number of hydrogen-bond donors (Lipinski definition) is 0. The monoisotopic (exact) mass is 336 g/mol. The molecule has 1 heteroatoms. The molecule has 0 amide bonds. The third kappa shape index (κ3) is 3.47. The Bertz CT molecular complexity index is 412. The van der Waals surface area contributed by atoms with Gasteiger partial charge in [-0.1, -0.05) is 79.7 Å². The predicted molar refractivity (Wildman–Crippen MR) is 92.8 cm³/mol. The summed E-state index contributed by atoms with van der Waals surface area (Å²) in [6.07, 6.45) is 10.8. The van der Waals surface area contributed by atoms with Crippen molar-refractivity contribution < 1.29 is 0 Å². The van der Waals surface area contributed by atoms with E-state index in [1.54, 1.807) is 11.1 Å². The lowest BCUT2D eigenvalue weighted by Crippen LogP contribution is -2.35. The SMILES string of the molecule is CCCCC(CC)CC1(CBr)CCCc2ccccc21. The third-order valence-corrected chi connectivity index (χ3v) is 6.24. The molecule has 0 N–H and O–H groups in total. The molecule has 1 aliphatic carbocycles. The molecule has 0 spiro atoms. The predicted octanol–water partition coefficient (Wildman–Crippen LogP) is 6.26. The van der Waals surface area contributed by atoms with E-state index < -0.39 is 0 Å². The standard InChI is InChI=1S/C19H29Br/c1-3-5-9-16(4-2)14-19(15-20)13-8-11-17-10-6-7-12-18(17)19/h6-7,10,12,16H,3-5,8-9,11,13-15H2,1-2H3. The van der Waals surface area contributed by atoms with Crippen LogP contribution in [0.15, 0.2) is 24.3 Å². The summed E-state index contributed by atoms with van der Waals surface area (Å²) in [4.78, 5) is 0. The molecule has 0 aliphatic heterocycles. The van der Waals surface area contributed by atoms with E-state index in [0.29, 0.717) is 5.41 Å². The average Bonchev–Trinajstić information content (AvgIpc) is 2.51. The van der Waals surface area contributed by atoms with Gasteiger partial charge in [0.1, 0.15) is 0 Å². The van der Waals surface area contributed by atoms with E-state index in [-0.39, 0.29) is 0 Å². The van der Waals surface area contributed by atoms with Crippen molar-refractivity contribution in [3.63, 3.8) is 0 Å². The molecule has 20 heavy (non-hydrogen) atoms. The van der Waals surface area contributed by atoms with Gasteiger partial charge in [0, 0.05) is 10.7 Å². The molecule has 2 unspecified atom stereocenters. The van der Waals surface area contributed by atoms with Gasteiger partial charge < -0.3 is 0 Å². The molecule has 0 saturated heterocycles. The smallest absolute Gasteiger partial charge is 0.0129 e. The molecule has 0 radical (unpaired) electrons. The Kier molecular flexibility index (Phi) is 6.14. The van der Waals surface area contributed by atoms with Crippen molar-refractivity contribution in [2.45, 2.75) is 70.6 Å². The van der Waals surface area contributed by atoms with Gasteiger partial charge >= 0.3 is 0 Å². The van der Waals surface area contributed by atoms with Crippen molar-refractivity contribution in [2.24, 2.45) is 5.92 Å². The maximum atomic E-state index is 3.86. The fourth-order valence-electron chi connectivity index (χ4n) is 3.91. The van der Waals surface area contributed by atoms with Gasteiger partial charge in [-0.3, -0.25) is 0 Å². The molecule has 0 nitrogen and oxygen atoms in total. The minimum Gasteiger partial charge on any atom is -0.0918 e. The van der Waals surface area contributed by atoms with Crippen LogP contribution in [0.4, 0.5) is 0 Å². The average molecular weight is 337 g/mol. The molecular weight excluding hydrogens is 308 g/mol. The van der Waals surface area contributed by atoms with E-state index in [2.05, 4.69) is 54.0 Å². The Balaban J connectivity index is 2.21. The van der Waals surface area contributed by atoms with E-state index >= 15 is 0 Å². The first-order chi connectivity index (χ1) is 9.75. The van der Waals surface area contributed by atoms with Crippen LogP contribution in [0.2, 0.25) is 0 Å². The molecule has 1 aromatic carbocycles. The zero-order chi connectivity index (χ0) is 14.4. The highest BCUT2D eigenvalue weighted by Gasteiger charge is 2.36. The fraction of sp³-hybridized carbons (Fsp3) is 0.684. The van der Waals surface area contributed by atoms with Crippen molar-refractivity contribution >= 4 is 15.9 Å². The number of aryl methyl sites for hydroxylation is 1. The summed E-state index contributed by atoms with van der Waals surface area (Å²) in [5.74, 6) is 0.888. The highest BCUT2D eigenvalue weighted by Crippen LogP contribution is 2.44. The zero-order valence-corrected chi connectivity index (χ0v) is 14.7. The number of benzene rings is 1. The summed E-state index contributed by atoms with van der Waals surface area (Å²) in [5.41, 5.74) is 3.63. The second kappa shape index (κ2) is 7.64. The normalized spacial score (nSPS) is 23.4. The molecule has 0 aromatic heterocycles. The lowest BCUT2D eigenvalue weighted by atomic mass is 9.66. The van der Waals surface area contributed by atoms with Crippen LogP contribution >= 0.6 is 15.9 Å². The van der Waals surface area contributed by atoms with Gasteiger partial charge in [0.15, 0.2) is 0 Å². The summed E-state index contributed by atoms with van der Waals surface area (Å²) < 4.78 is 0. The maximum absolute atomic E-state index is 3.86. The molecule has 112 valence electrons. The van der Waals surface area contributed by atoms with E-state index in [1.165, 1.54) is 51.4 Å². The van der Waals surface area contributed by atoms with Gasteiger partial charge in [-0.2, -0.15) is 0 Å². The number of halogens is 1. The molecular formula is C19H29Br. The summed E-state index contributed by atoms with van der Waals surface area (Å²) in [5, 5.41) is 1.12. The number of hydrogen-bond acceptors (Lipinski definition) is 0. The first-order valence-electron chi connectivity index (χ1n) is 8.40. The molecule has 2 atom stereocenters. The van der Waals surface area contributed by atoms with Gasteiger partial charge in [-0.25, -0.2) is 0 Å². The molecule has 1 aliphatic rings.